The Kier molecular flexibility index (Phi) is 9.19. The molecule has 6 heteroatoms. The fourth-order valence-corrected chi connectivity index (χ4v) is 2.73. The van der Waals surface area contributed by atoms with Crippen LogP contribution in [0.3, 0.4) is 0 Å². The minimum Gasteiger partial charge on any atom is -0.444 e. The predicted molar refractivity (Wildman–Crippen MR) is 111 cm³/mol. The van der Waals surface area contributed by atoms with E-state index in [1.807, 2.05) is 44.2 Å². The Labute approximate surface area is 168 Å². The highest BCUT2D eigenvalue weighted by Crippen LogP contribution is 2.12. The standard InChI is InChI=1S/C22H34N2O4/c1-7-11-18(25)17(14-16-12-9-8-10-13-16)23-20(26)19(15(2)3)24-21(27)28-22(4,5)6/h7-10,12-13,15,17-19,25H,1,11,14H2,2-6H3,(H,23,26)(H,24,27)/t17-,18+,19-/m0/s1. The summed E-state index contributed by atoms with van der Waals surface area (Å²) in [4.78, 5) is 25.0. The maximum Gasteiger partial charge on any atom is 0.408 e. The largest absolute Gasteiger partial charge is 0.444 e. The van der Waals surface area contributed by atoms with E-state index in [9.17, 15) is 14.7 Å². The van der Waals surface area contributed by atoms with E-state index in [4.69, 9.17) is 4.74 Å². The van der Waals surface area contributed by atoms with Gasteiger partial charge in [0.2, 0.25) is 5.91 Å². The van der Waals surface area contributed by atoms with Gasteiger partial charge in [0.05, 0.1) is 12.1 Å². The molecule has 0 heterocycles. The van der Waals surface area contributed by atoms with E-state index in [0.717, 1.165) is 5.56 Å². The Morgan fingerprint density at radius 3 is 2.29 bits per heavy atom. The van der Waals surface area contributed by atoms with Crippen LogP contribution < -0.4 is 10.6 Å². The molecule has 6 nitrogen and oxygen atoms in total. The molecule has 0 bridgehead atoms. The highest BCUT2D eigenvalue weighted by Gasteiger charge is 2.30. The first-order chi connectivity index (χ1) is 13.0. The van der Waals surface area contributed by atoms with Gasteiger partial charge in [-0.25, -0.2) is 4.79 Å². The molecular formula is C22H34N2O4. The van der Waals surface area contributed by atoms with Gasteiger partial charge in [0, 0.05) is 0 Å². The molecule has 0 aromatic heterocycles. The molecule has 3 atom stereocenters. The summed E-state index contributed by atoms with van der Waals surface area (Å²) in [6.45, 7) is 12.6. The molecule has 0 unspecified atom stereocenters. The summed E-state index contributed by atoms with van der Waals surface area (Å²) in [5.41, 5.74) is 0.343. The number of ether oxygens (including phenoxy) is 1. The quantitative estimate of drug-likeness (QED) is 0.565. The number of aliphatic hydroxyl groups is 1. The normalized spacial score (nSPS) is 14.7. The van der Waals surface area contributed by atoms with Crippen LogP contribution in [0.2, 0.25) is 0 Å². The van der Waals surface area contributed by atoms with Gasteiger partial charge in [0.25, 0.3) is 0 Å². The van der Waals surface area contributed by atoms with E-state index in [0.29, 0.717) is 12.8 Å². The van der Waals surface area contributed by atoms with Crippen LogP contribution in [-0.2, 0) is 16.0 Å². The molecular weight excluding hydrogens is 356 g/mol. The average Bonchev–Trinajstić information content (AvgIpc) is 2.58. The van der Waals surface area contributed by atoms with Gasteiger partial charge in [0.15, 0.2) is 0 Å². The SMILES string of the molecule is C=CC[C@@H](O)[C@H](Cc1ccccc1)NC(=O)[C@@H](NC(=O)OC(C)(C)C)C(C)C. The number of benzene rings is 1. The van der Waals surface area contributed by atoms with Gasteiger partial charge in [-0.3, -0.25) is 4.79 Å². The number of hydrogen-bond acceptors (Lipinski definition) is 4. The molecule has 1 aromatic rings. The number of amides is 2. The molecule has 0 radical (unpaired) electrons. The number of carbonyl (C=O) groups excluding carboxylic acids is 2. The van der Waals surface area contributed by atoms with Gasteiger partial charge in [-0.15, -0.1) is 6.58 Å². The first-order valence-corrected chi connectivity index (χ1v) is 9.66. The first kappa shape index (κ1) is 23.7. The number of nitrogens with one attached hydrogen (secondary N) is 2. The molecule has 3 N–H and O–H groups in total. The Morgan fingerprint density at radius 1 is 1.18 bits per heavy atom. The van der Waals surface area contributed by atoms with E-state index in [1.54, 1.807) is 26.8 Å². The fraction of sp³-hybridized carbons (Fsp3) is 0.545. The maximum atomic E-state index is 12.9. The maximum absolute atomic E-state index is 12.9. The summed E-state index contributed by atoms with van der Waals surface area (Å²) in [5.74, 6) is -0.508. The molecule has 0 saturated heterocycles. The van der Waals surface area contributed by atoms with Crippen molar-refractivity contribution in [2.45, 2.75) is 71.2 Å². The lowest BCUT2D eigenvalue weighted by Gasteiger charge is -2.29. The van der Waals surface area contributed by atoms with Gasteiger partial charge in [-0.2, -0.15) is 0 Å². The molecule has 0 spiro atoms. The zero-order valence-electron chi connectivity index (χ0n) is 17.6. The van der Waals surface area contributed by atoms with Crippen LogP contribution in [0.25, 0.3) is 0 Å². The second-order valence-electron chi connectivity index (χ2n) is 8.26. The number of carbonyl (C=O) groups is 2. The molecule has 0 saturated carbocycles. The fourth-order valence-electron chi connectivity index (χ4n) is 2.73. The van der Waals surface area contributed by atoms with E-state index in [2.05, 4.69) is 17.2 Å². The number of hydrogen-bond donors (Lipinski definition) is 3. The van der Waals surface area contributed by atoms with Crippen molar-refractivity contribution in [3.63, 3.8) is 0 Å². The van der Waals surface area contributed by atoms with Gasteiger partial charge in [-0.1, -0.05) is 50.3 Å². The third-order valence-electron chi connectivity index (χ3n) is 4.12. The van der Waals surface area contributed by atoms with Crippen molar-refractivity contribution in [2.75, 3.05) is 0 Å². The van der Waals surface area contributed by atoms with Crippen LogP contribution in [-0.4, -0.2) is 40.9 Å². The summed E-state index contributed by atoms with van der Waals surface area (Å²) in [7, 11) is 0. The second kappa shape index (κ2) is 10.9. The molecule has 28 heavy (non-hydrogen) atoms. The summed E-state index contributed by atoms with van der Waals surface area (Å²) in [6, 6.07) is 8.34. The van der Waals surface area contributed by atoms with Crippen LogP contribution in [0.1, 0.15) is 46.6 Å². The Hall–Kier alpha value is -2.34. The van der Waals surface area contributed by atoms with Crippen molar-refractivity contribution in [2.24, 2.45) is 5.92 Å². The Balaban J connectivity index is 2.89. The van der Waals surface area contributed by atoms with E-state index in [-0.39, 0.29) is 11.8 Å². The monoisotopic (exact) mass is 390 g/mol. The summed E-state index contributed by atoms with van der Waals surface area (Å²) < 4.78 is 5.26. The third kappa shape index (κ3) is 8.57. The Morgan fingerprint density at radius 2 is 1.79 bits per heavy atom. The molecule has 1 rings (SSSR count). The second-order valence-corrected chi connectivity index (χ2v) is 8.26. The molecule has 2 amide bonds. The van der Waals surface area contributed by atoms with Gasteiger partial charge in [-0.05, 0) is 45.1 Å². The molecule has 0 aliphatic rings. The molecule has 0 fully saturated rings. The zero-order chi connectivity index (χ0) is 21.3. The van der Waals surface area contributed by atoms with Crippen molar-refractivity contribution in [1.29, 1.82) is 0 Å². The van der Waals surface area contributed by atoms with Crippen LogP contribution >= 0.6 is 0 Å². The first-order valence-electron chi connectivity index (χ1n) is 9.66. The van der Waals surface area contributed by atoms with Crippen molar-refractivity contribution >= 4 is 12.0 Å². The predicted octanol–water partition coefficient (Wildman–Crippen LogP) is 3.20. The highest BCUT2D eigenvalue weighted by atomic mass is 16.6. The van der Waals surface area contributed by atoms with Crippen LogP contribution in [0.5, 0.6) is 0 Å². The number of rotatable bonds is 9. The van der Waals surface area contributed by atoms with Crippen LogP contribution in [0.4, 0.5) is 4.79 Å². The van der Waals surface area contributed by atoms with Gasteiger partial charge >= 0.3 is 6.09 Å². The lowest BCUT2D eigenvalue weighted by Crippen LogP contribution is -2.55. The summed E-state index contributed by atoms with van der Waals surface area (Å²) in [6.07, 6.45) is 1.01. The van der Waals surface area contributed by atoms with E-state index in [1.165, 1.54) is 0 Å². The van der Waals surface area contributed by atoms with Crippen LogP contribution in [0.15, 0.2) is 43.0 Å². The third-order valence-corrected chi connectivity index (χ3v) is 4.12. The van der Waals surface area contributed by atoms with Gasteiger partial charge < -0.3 is 20.5 Å². The molecule has 1 aromatic carbocycles. The lowest BCUT2D eigenvalue weighted by atomic mass is 9.97. The van der Waals surface area contributed by atoms with E-state index < -0.39 is 29.9 Å². The minimum atomic E-state index is -0.781. The topological polar surface area (TPSA) is 87.7 Å². The smallest absolute Gasteiger partial charge is 0.408 e. The van der Waals surface area contributed by atoms with Gasteiger partial charge in [0.1, 0.15) is 11.6 Å². The molecule has 0 aliphatic heterocycles. The zero-order valence-corrected chi connectivity index (χ0v) is 17.6. The lowest BCUT2D eigenvalue weighted by molar-refractivity contribution is -0.125. The summed E-state index contributed by atoms with van der Waals surface area (Å²) in [5, 5.41) is 16.0. The number of alkyl carbamates (subject to hydrolysis) is 1. The summed E-state index contributed by atoms with van der Waals surface area (Å²) >= 11 is 0. The Bertz CT molecular complexity index is 638. The highest BCUT2D eigenvalue weighted by molar-refractivity contribution is 5.86. The number of aliphatic hydroxyl groups excluding tert-OH is 1. The molecule has 0 aliphatic carbocycles. The average molecular weight is 391 g/mol. The van der Waals surface area contributed by atoms with Crippen molar-refractivity contribution in [3.05, 3.63) is 48.6 Å². The van der Waals surface area contributed by atoms with Crippen LogP contribution in [0, 0.1) is 5.92 Å². The van der Waals surface area contributed by atoms with Crippen molar-refractivity contribution in [3.8, 4) is 0 Å². The minimum absolute atomic E-state index is 0.151. The molecule has 156 valence electrons. The van der Waals surface area contributed by atoms with Crippen molar-refractivity contribution < 1.29 is 19.4 Å². The van der Waals surface area contributed by atoms with Crippen molar-refractivity contribution in [1.82, 2.24) is 10.6 Å². The van der Waals surface area contributed by atoms with E-state index >= 15 is 0 Å².